The topological polar surface area (TPSA) is 139 Å². The number of aliphatic hydroxyl groups excluding tert-OH is 1. The van der Waals surface area contributed by atoms with Crippen LogP contribution in [0.2, 0.25) is 0 Å². The largest absolute Gasteiger partial charge is 0.399 e. The third-order valence-electron chi connectivity index (χ3n) is 3.65. The number of nitrogens with one attached hydrogen (secondary N) is 2. The van der Waals surface area contributed by atoms with Crippen molar-refractivity contribution in [3.63, 3.8) is 0 Å². The monoisotopic (exact) mass is 340 g/mol. The molecule has 1 heterocycles. The van der Waals surface area contributed by atoms with Crippen LogP contribution in [0.5, 0.6) is 0 Å². The molecular formula is C15H25ClN6O. The van der Waals surface area contributed by atoms with Gasteiger partial charge in [-0.3, -0.25) is 5.10 Å². The second-order valence-corrected chi connectivity index (χ2v) is 5.69. The molecule has 0 bridgehead atoms. The van der Waals surface area contributed by atoms with Crippen LogP contribution in [-0.2, 0) is 6.42 Å². The molecule has 8 heteroatoms. The number of hydrogen-bond acceptors (Lipinski definition) is 6. The molecule has 1 unspecified atom stereocenters. The smallest absolute Gasteiger partial charge is 0.142 e. The molecular weight excluding hydrogens is 316 g/mol. The van der Waals surface area contributed by atoms with Crippen LogP contribution in [0.3, 0.4) is 0 Å². The summed E-state index contributed by atoms with van der Waals surface area (Å²) in [5, 5.41) is 19.6. The van der Waals surface area contributed by atoms with Gasteiger partial charge in [0.15, 0.2) is 0 Å². The number of aromatic amines is 1. The van der Waals surface area contributed by atoms with E-state index in [4.69, 9.17) is 17.2 Å². The van der Waals surface area contributed by atoms with Gasteiger partial charge in [-0.05, 0) is 36.1 Å². The average Bonchev–Trinajstić information content (AvgIpc) is 2.78. The zero-order valence-corrected chi connectivity index (χ0v) is 14.2. The fraction of sp³-hybridized carbons (Fsp3) is 0.400. The van der Waals surface area contributed by atoms with E-state index in [-0.39, 0.29) is 31.0 Å². The van der Waals surface area contributed by atoms with E-state index in [1.807, 2.05) is 18.2 Å². The van der Waals surface area contributed by atoms with Crippen LogP contribution < -0.4 is 22.5 Å². The average molecular weight is 341 g/mol. The van der Waals surface area contributed by atoms with Gasteiger partial charge in [-0.1, -0.05) is 13.8 Å². The Hall–Kier alpha value is -2.12. The highest BCUT2D eigenvalue weighted by Crippen LogP contribution is 2.32. The molecule has 0 aliphatic rings. The summed E-state index contributed by atoms with van der Waals surface area (Å²) in [6.07, 6.45) is 0.524. The molecule has 0 aliphatic heterocycles. The molecule has 23 heavy (non-hydrogen) atoms. The van der Waals surface area contributed by atoms with Crippen molar-refractivity contribution < 1.29 is 5.11 Å². The Labute approximate surface area is 142 Å². The van der Waals surface area contributed by atoms with E-state index in [1.165, 1.54) is 0 Å². The lowest BCUT2D eigenvalue weighted by atomic mass is 9.98. The summed E-state index contributed by atoms with van der Waals surface area (Å²) in [7, 11) is 0. The number of aromatic nitrogens is 2. The lowest BCUT2D eigenvalue weighted by Gasteiger charge is -2.24. The van der Waals surface area contributed by atoms with Crippen molar-refractivity contribution >= 4 is 35.3 Å². The minimum atomic E-state index is -0.102. The van der Waals surface area contributed by atoms with E-state index < -0.39 is 0 Å². The van der Waals surface area contributed by atoms with Gasteiger partial charge in [0.25, 0.3) is 0 Å². The van der Waals surface area contributed by atoms with Crippen LogP contribution in [0.4, 0.5) is 22.9 Å². The number of H-pyrrole nitrogens is 1. The van der Waals surface area contributed by atoms with Gasteiger partial charge >= 0.3 is 0 Å². The van der Waals surface area contributed by atoms with Crippen LogP contribution >= 0.6 is 12.4 Å². The molecule has 1 aromatic heterocycles. The Morgan fingerprint density at radius 1 is 1.26 bits per heavy atom. The number of nitrogen functional groups attached to an aromatic ring is 3. The van der Waals surface area contributed by atoms with E-state index in [0.29, 0.717) is 29.3 Å². The number of halogens is 1. The lowest BCUT2D eigenvalue weighted by Crippen LogP contribution is -2.19. The van der Waals surface area contributed by atoms with Gasteiger partial charge in [0, 0.05) is 18.0 Å². The molecule has 0 fully saturated rings. The fourth-order valence-corrected chi connectivity index (χ4v) is 2.42. The van der Waals surface area contributed by atoms with E-state index in [9.17, 15) is 5.11 Å². The van der Waals surface area contributed by atoms with Gasteiger partial charge in [-0.15, -0.1) is 12.4 Å². The maximum absolute atomic E-state index is 9.22. The van der Waals surface area contributed by atoms with Crippen molar-refractivity contribution in [1.29, 1.82) is 0 Å². The number of nitrogens with two attached hydrogens (primary N) is 3. The predicted octanol–water partition coefficient (Wildman–Crippen LogP) is 1.92. The SMILES string of the molecule is CC(C)C(Nc1ccc(N)cc1CCO)c1n[nH]c(N)c1N.Cl. The molecule has 0 amide bonds. The van der Waals surface area contributed by atoms with Crippen molar-refractivity contribution in [2.45, 2.75) is 26.3 Å². The van der Waals surface area contributed by atoms with E-state index in [0.717, 1.165) is 11.3 Å². The summed E-state index contributed by atoms with van der Waals surface area (Å²) in [6.45, 7) is 4.21. The highest BCUT2D eigenvalue weighted by molar-refractivity contribution is 5.85. The van der Waals surface area contributed by atoms with E-state index >= 15 is 0 Å². The fourth-order valence-electron chi connectivity index (χ4n) is 2.42. The Kier molecular flexibility index (Phi) is 6.53. The number of anilines is 4. The van der Waals surface area contributed by atoms with Gasteiger partial charge in [0.05, 0.1) is 11.7 Å². The standard InChI is InChI=1S/C15H24N6O.ClH/c1-8(2)13(14-12(17)15(18)21-20-14)19-11-4-3-10(16)7-9(11)5-6-22;/h3-4,7-8,13,19,22H,5-6,16-17H2,1-2H3,(H3,18,20,21);1H. The minimum Gasteiger partial charge on any atom is -0.399 e. The molecule has 0 saturated carbocycles. The third kappa shape index (κ3) is 4.20. The van der Waals surface area contributed by atoms with Crippen LogP contribution in [0, 0.1) is 5.92 Å². The number of aliphatic hydroxyl groups is 1. The van der Waals surface area contributed by atoms with Crippen molar-refractivity contribution in [3.05, 3.63) is 29.5 Å². The van der Waals surface area contributed by atoms with Gasteiger partial charge < -0.3 is 27.6 Å². The Balaban J connectivity index is 0.00000264. The number of hydrogen-bond donors (Lipinski definition) is 6. The van der Waals surface area contributed by atoms with Gasteiger partial charge in [-0.2, -0.15) is 5.10 Å². The second-order valence-electron chi connectivity index (χ2n) is 5.69. The molecule has 0 radical (unpaired) electrons. The summed E-state index contributed by atoms with van der Waals surface area (Å²) in [5.41, 5.74) is 21.3. The van der Waals surface area contributed by atoms with Crippen LogP contribution in [0.25, 0.3) is 0 Å². The predicted molar refractivity (Wildman–Crippen MR) is 97.5 cm³/mol. The van der Waals surface area contributed by atoms with Crippen molar-refractivity contribution in [2.24, 2.45) is 5.92 Å². The molecule has 0 saturated heterocycles. The number of nitrogens with zero attached hydrogens (tertiary/aromatic N) is 1. The van der Waals surface area contributed by atoms with Crippen molar-refractivity contribution in [1.82, 2.24) is 10.2 Å². The zero-order valence-electron chi connectivity index (χ0n) is 13.3. The molecule has 7 nitrogen and oxygen atoms in total. The zero-order chi connectivity index (χ0) is 16.3. The second kappa shape index (κ2) is 7.94. The third-order valence-corrected chi connectivity index (χ3v) is 3.65. The quantitative estimate of drug-likeness (QED) is 0.444. The maximum Gasteiger partial charge on any atom is 0.142 e. The van der Waals surface area contributed by atoms with E-state index in [1.54, 1.807) is 0 Å². The summed E-state index contributed by atoms with van der Waals surface area (Å²) < 4.78 is 0. The highest BCUT2D eigenvalue weighted by atomic mass is 35.5. The molecule has 1 aromatic carbocycles. The van der Waals surface area contributed by atoms with Crippen molar-refractivity contribution in [3.8, 4) is 0 Å². The molecule has 0 spiro atoms. The number of benzene rings is 1. The molecule has 128 valence electrons. The lowest BCUT2D eigenvalue weighted by molar-refractivity contribution is 0.300. The van der Waals surface area contributed by atoms with Gasteiger partial charge in [0.2, 0.25) is 0 Å². The molecule has 1 atom stereocenters. The van der Waals surface area contributed by atoms with E-state index in [2.05, 4.69) is 29.4 Å². The first-order valence-corrected chi connectivity index (χ1v) is 7.29. The first kappa shape index (κ1) is 18.9. The molecule has 0 aliphatic carbocycles. The maximum atomic E-state index is 9.22. The van der Waals surface area contributed by atoms with Gasteiger partial charge in [0.1, 0.15) is 11.5 Å². The number of rotatable bonds is 6. The summed E-state index contributed by atoms with van der Waals surface area (Å²) in [4.78, 5) is 0. The van der Waals surface area contributed by atoms with Crippen LogP contribution in [0.15, 0.2) is 18.2 Å². The first-order chi connectivity index (χ1) is 10.4. The first-order valence-electron chi connectivity index (χ1n) is 7.29. The Morgan fingerprint density at radius 2 is 1.96 bits per heavy atom. The molecule has 2 rings (SSSR count). The summed E-state index contributed by atoms with van der Waals surface area (Å²) in [6, 6.07) is 5.48. The highest BCUT2D eigenvalue weighted by Gasteiger charge is 2.23. The van der Waals surface area contributed by atoms with Crippen LogP contribution in [-0.4, -0.2) is 21.9 Å². The molecule has 9 N–H and O–H groups in total. The Morgan fingerprint density at radius 3 is 2.48 bits per heavy atom. The van der Waals surface area contributed by atoms with Crippen molar-refractivity contribution in [2.75, 3.05) is 29.1 Å². The minimum absolute atomic E-state index is 0. The Bertz CT molecular complexity index is 643. The normalized spacial score (nSPS) is 12.0. The van der Waals surface area contributed by atoms with Gasteiger partial charge in [-0.25, -0.2) is 0 Å². The summed E-state index contributed by atoms with van der Waals surface area (Å²) >= 11 is 0. The molecule has 2 aromatic rings. The summed E-state index contributed by atoms with van der Waals surface area (Å²) in [5.74, 6) is 0.611. The van der Waals surface area contributed by atoms with Crippen LogP contribution in [0.1, 0.15) is 31.1 Å².